The summed E-state index contributed by atoms with van der Waals surface area (Å²) in [6.45, 7) is 1.47. The molecule has 116 valence electrons. The molecule has 0 saturated carbocycles. The van der Waals surface area contributed by atoms with Gasteiger partial charge in [0, 0.05) is 13.6 Å². The second-order valence-corrected chi connectivity index (χ2v) is 7.71. The van der Waals surface area contributed by atoms with Crippen LogP contribution in [0.5, 0.6) is 0 Å². The minimum Gasteiger partial charge on any atom is -0.481 e. The van der Waals surface area contributed by atoms with Gasteiger partial charge in [0.1, 0.15) is 0 Å². The highest BCUT2D eigenvalue weighted by molar-refractivity contribution is 7.89. The van der Waals surface area contributed by atoms with Gasteiger partial charge in [0.15, 0.2) is 0 Å². The van der Waals surface area contributed by atoms with Crippen molar-refractivity contribution in [3.8, 4) is 0 Å². The van der Waals surface area contributed by atoms with E-state index in [1.165, 1.54) is 19.5 Å². The van der Waals surface area contributed by atoms with Crippen molar-refractivity contribution >= 4 is 16.0 Å². The first kappa shape index (κ1) is 16.0. The zero-order chi connectivity index (χ0) is 15.6. The van der Waals surface area contributed by atoms with E-state index in [4.69, 9.17) is 5.11 Å². The van der Waals surface area contributed by atoms with E-state index >= 15 is 0 Å². The summed E-state index contributed by atoms with van der Waals surface area (Å²) in [4.78, 5) is 11.1. The average molecular weight is 311 g/mol. The molecule has 0 heterocycles. The van der Waals surface area contributed by atoms with Crippen molar-refractivity contribution in [2.45, 2.75) is 37.5 Å². The van der Waals surface area contributed by atoms with Crippen LogP contribution < -0.4 is 0 Å². The van der Waals surface area contributed by atoms with E-state index in [-0.39, 0.29) is 11.4 Å². The average Bonchev–Trinajstić information content (AvgIpc) is 2.46. The Bertz CT molecular complexity index is 639. The molecule has 6 heteroatoms. The van der Waals surface area contributed by atoms with Crippen LogP contribution in [0.2, 0.25) is 0 Å². The number of rotatable bonds is 5. The molecule has 0 amide bonds. The molecule has 0 aromatic heterocycles. The summed E-state index contributed by atoms with van der Waals surface area (Å²) in [6.07, 6.45) is 4.15. The normalized spacial score (nSPS) is 16.5. The summed E-state index contributed by atoms with van der Waals surface area (Å²) in [6, 6.07) is 5.25. The summed E-state index contributed by atoms with van der Waals surface area (Å²) in [7, 11) is -2.21. The quantitative estimate of drug-likeness (QED) is 0.901. The molecule has 0 radical (unpaired) electrons. The lowest BCUT2D eigenvalue weighted by Crippen LogP contribution is -2.33. The SMILES string of the molecule is CC(CN(C)S(=O)(=O)c1ccc2c(c1)CCCC2)C(=O)O. The topological polar surface area (TPSA) is 74.7 Å². The van der Waals surface area contributed by atoms with Crippen LogP contribution >= 0.6 is 0 Å². The van der Waals surface area contributed by atoms with Gasteiger partial charge in [-0.3, -0.25) is 4.79 Å². The van der Waals surface area contributed by atoms with Crippen molar-refractivity contribution in [2.24, 2.45) is 5.92 Å². The summed E-state index contributed by atoms with van der Waals surface area (Å²) in [5, 5.41) is 8.90. The third kappa shape index (κ3) is 3.44. The number of aryl methyl sites for hydroxylation is 2. The molecular formula is C15H21NO4S. The lowest BCUT2D eigenvalue weighted by Gasteiger charge is -2.21. The van der Waals surface area contributed by atoms with Crippen molar-refractivity contribution in [2.75, 3.05) is 13.6 Å². The molecule has 0 spiro atoms. The number of hydrogen-bond acceptors (Lipinski definition) is 3. The van der Waals surface area contributed by atoms with Crippen molar-refractivity contribution in [1.82, 2.24) is 4.31 Å². The summed E-state index contributed by atoms with van der Waals surface area (Å²) in [5.74, 6) is -1.73. The number of sulfonamides is 1. The van der Waals surface area contributed by atoms with Crippen LogP contribution in [0.4, 0.5) is 0 Å². The molecule has 1 aromatic rings. The molecule has 5 nitrogen and oxygen atoms in total. The number of hydrogen-bond donors (Lipinski definition) is 1. The van der Waals surface area contributed by atoms with Crippen LogP contribution in [-0.2, 0) is 27.7 Å². The first-order valence-electron chi connectivity index (χ1n) is 7.13. The molecule has 21 heavy (non-hydrogen) atoms. The van der Waals surface area contributed by atoms with E-state index in [1.54, 1.807) is 12.1 Å². The summed E-state index contributed by atoms with van der Waals surface area (Å²) >= 11 is 0. The van der Waals surface area contributed by atoms with E-state index < -0.39 is 21.9 Å². The molecule has 0 saturated heterocycles. The largest absolute Gasteiger partial charge is 0.481 e. The van der Waals surface area contributed by atoms with Crippen LogP contribution in [0.1, 0.15) is 30.9 Å². The molecule has 1 N–H and O–H groups in total. The maximum Gasteiger partial charge on any atom is 0.307 e. The van der Waals surface area contributed by atoms with Gasteiger partial charge in [0.2, 0.25) is 10.0 Å². The van der Waals surface area contributed by atoms with Crippen LogP contribution in [0.3, 0.4) is 0 Å². The Morgan fingerprint density at radius 3 is 2.52 bits per heavy atom. The number of fused-ring (bicyclic) bond motifs is 1. The maximum absolute atomic E-state index is 12.5. The van der Waals surface area contributed by atoms with Gasteiger partial charge in [0.25, 0.3) is 0 Å². The Kier molecular flexibility index (Phi) is 4.68. The van der Waals surface area contributed by atoms with Crippen LogP contribution in [0.25, 0.3) is 0 Å². The van der Waals surface area contributed by atoms with Crippen molar-refractivity contribution in [3.05, 3.63) is 29.3 Å². The minimum absolute atomic E-state index is 0.0330. The van der Waals surface area contributed by atoms with Crippen LogP contribution in [0, 0.1) is 5.92 Å². The van der Waals surface area contributed by atoms with Gasteiger partial charge in [-0.1, -0.05) is 13.0 Å². The third-order valence-electron chi connectivity index (χ3n) is 3.98. The summed E-state index contributed by atoms with van der Waals surface area (Å²) < 4.78 is 26.1. The molecule has 2 rings (SSSR count). The smallest absolute Gasteiger partial charge is 0.307 e. The van der Waals surface area contributed by atoms with Gasteiger partial charge >= 0.3 is 5.97 Å². The van der Waals surface area contributed by atoms with Crippen molar-refractivity contribution < 1.29 is 18.3 Å². The highest BCUT2D eigenvalue weighted by Crippen LogP contribution is 2.25. The Balaban J connectivity index is 2.24. The molecule has 1 unspecified atom stereocenters. The van der Waals surface area contributed by atoms with Gasteiger partial charge in [-0.25, -0.2) is 12.7 Å². The molecule has 0 bridgehead atoms. The number of nitrogens with zero attached hydrogens (tertiary/aromatic N) is 1. The lowest BCUT2D eigenvalue weighted by molar-refractivity contribution is -0.141. The van der Waals surface area contributed by atoms with Crippen molar-refractivity contribution in [1.29, 1.82) is 0 Å². The highest BCUT2D eigenvalue weighted by atomic mass is 32.2. The zero-order valence-electron chi connectivity index (χ0n) is 12.4. The van der Waals surface area contributed by atoms with E-state index in [0.717, 1.165) is 35.6 Å². The highest BCUT2D eigenvalue weighted by Gasteiger charge is 2.25. The zero-order valence-corrected chi connectivity index (χ0v) is 13.2. The first-order chi connectivity index (χ1) is 9.82. The van der Waals surface area contributed by atoms with Crippen molar-refractivity contribution in [3.63, 3.8) is 0 Å². The fraction of sp³-hybridized carbons (Fsp3) is 0.533. The Labute approximate surface area is 125 Å². The van der Waals surface area contributed by atoms with Gasteiger partial charge in [-0.2, -0.15) is 0 Å². The van der Waals surface area contributed by atoms with E-state index in [2.05, 4.69) is 0 Å². The number of carboxylic acid groups (broad SMARTS) is 1. The Morgan fingerprint density at radius 1 is 1.29 bits per heavy atom. The number of carbonyl (C=O) groups is 1. The molecule has 1 aliphatic rings. The molecule has 1 atom stereocenters. The monoisotopic (exact) mass is 311 g/mol. The van der Waals surface area contributed by atoms with E-state index in [1.807, 2.05) is 6.07 Å². The summed E-state index contributed by atoms with van der Waals surface area (Å²) in [5.41, 5.74) is 2.32. The second-order valence-electron chi connectivity index (χ2n) is 5.66. The minimum atomic E-state index is -3.63. The van der Waals surface area contributed by atoms with Gasteiger partial charge in [-0.15, -0.1) is 0 Å². The standard InChI is InChI=1S/C15H21NO4S/c1-11(15(17)18)10-16(2)21(19,20)14-8-7-12-5-3-4-6-13(12)9-14/h7-9,11H,3-6,10H2,1-2H3,(H,17,18). The third-order valence-corrected chi connectivity index (χ3v) is 5.80. The predicted octanol–water partition coefficient (Wildman–Crippen LogP) is 1.91. The fourth-order valence-corrected chi connectivity index (χ4v) is 3.92. The number of aliphatic carboxylic acids is 1. The second kappa shape index (κ2) is 6.15. The number of benzene rings is 1. The van der Waals surface area contributed by atoms with Crippen LogP contribution in [0.15, 0.2) is 23.1 Å². The van der Waals surface area contributed by atoms with Crippen LogP contribution in [-0.4, -0.2) is 37.4 Å². The predicted molar refractivity (Wildman–Crippen MR) is 79.7 cm³/mol. The first-order valence-corrected chi connectivity index (χ1v) is 8.57. The van der Waals surface area contributed by atoms with Gasteiger partial charge in [0.05, 0.1) is 10.8 Å². The molecule has 0 aliphatic heterocycles. The molecular weight excluding hydrogens is 290 g/mol. The molecule has 1 aromatic carbocycles. The Hall–Kier alpha value is -1.40. The van der Waals surface area contributed by atoms with Gasteiger partial charge in [-0.05, 0) is 48.9 Å². The lowest BCUT2D eigenvalue weighted by atomic mass is 9.92. The molecule has 1 aliphatic carbocycles. The molecule has 0 fully saturated rings. The van der Waals surface area contributed by atoms with E-state index in [9.17, 15) is 13.2 Å². The maximum atomic E-state index is 12.5. The van der Waals surface area contributed by atoms with E-state index in [0.29, 0.717) is 0 Å². The fourth-order valence-electron chi connectivity index (χ4n) is 2.61. The Morgan fingerprint density at radius 2 is 1.90 bits per heavy atom. The number of carboxylic acids is 1. The van der Waals surface area contributed by atoms with Gasteiger partial charge < -0.3 is 5.11 Å².